The first kappa shape index (κ1) is 13.9. The molecule has 0 saturated carbocycles. The minimum Gasteiger partial charge on any atom is -0.313 e. The van der Waals surface area contributed by atoms with Gasteiger partial charge in [0.25, 0.3) is 0 Å². The van der Waals surface area contributed by atoms with E-state index in [-0.39, 0.29) is 11.9 Å². The molecule has 1 aromatic rings. The summed E-state index contributed by atoms with van der Waals surface area (Å²) < 4.78 is 13.9. The summed E-state index contributed by atoms with van der Waals surface area (Å²) in [5, 5.41) is 3.29. The van der Waals surface area contributed by atoms with Crippen LogP contribution in [0, 0.1) is 18.7 Å². The van der Waals surface area contributed by atoms with Crippen molar-refractivity contribution in [2.45, 2.75) is 32.2 Å². The number of benzene rings is 1. The quantitative estimate of drug-likeness (QED) is 0.887. The van der Waals surface area contributed by atoms with Gasteiger partial charge in [0.15, 0.2) is 0 Å². The molecule has 1 fully saturated rings. The van der Waals surface area contributed by atoms with Crippen LogP contribution >= 0.6 is 11.8 Å². The number of aryl methyl sites for hydroxylation is 1. The van der Waals surface area contributed by atoms with E-state index in [1.54, 1.807) is 6.07 Å². The normalized spacial score (nSPS) is 18.8. The highest BCUT2D eigenvalue weighted by Crippen LogP contribution is 2.32. The molecular weight excluding hydrogens is 245 g/mol. The first-order chi connectivity index (χ1) is 8.70. The summed E-state index contributed by atoms with van der Waals surface area (Å²) in [6.45, 7) is 2.02. The van der Waals surface area contributed by atoms with E-state index in [1.807, 2.05) is 37.9 Å². The monoisotopic (exact) mass is 267 g/mol. The first-order valence-electron chi connectivity index (χ1n) is 6.71. The van der Waals surface area contributed by atoms with Crippen LogP contribution in [0.1, 0.15) is 36.4 Å². The Morgan fingerprint density at radius 2 is 2.11 bits per heavy atom. The molecule has 0 aliphatic carbocycles. The number of rotatable bonds is 4. The predicted molar refractivity (Wildman–Crippen MR) is 77.6 cm³/mol. The first-order valence-corrected chi connectivity index (χ1v) is 7.87. The van der Waals surface area contributed by atoms with Crippen molar-refractivity contribution < 1.29 is 4.39 Å². The van der Waals surface area contributed by atoms with Crippen LogP contribution in [-0.4, -0.2) is 18.6 Å². The second kappa shape index (κ2) is 6.58. The lowest BCUT2D eigenvalue weighted by Gasteiger charge is -2.26. The number of nitrogens with one attached hydrogen (secondary N) is 1. The minimum absolute atomic E-state index is 0.0786. The molecule has 1 nitrogen and oxygen atoms in total. The van der Waals surface area contributed by atoms with E-state index in [2.05, 4.69) is 5.32 Å². The van der Waals surface area contributed by atoms with Crippen LogP contribution in [0.5, 0.6) is 0 Å². The van der Waals surface area contributed by atoms with Gasteiger partial charge in [0.2, 0.25) is 0 Å². The number of hydrogen-bond donors (Lipinski definition) is 1. The molecule has 1 aliphatic heterocycles. The summed E-state index contributed by atoms with van der Waals surface area (Å²) in [6, 6.07) is 5.56. The van der Waals surface area contributed by atoms with Gasteiger partial charge in [0.05, 0.1) is 0 Å². The standard InChI is InChI=1S/C15H22FNS/c1-11-3-4-14(16)13(9-11)15(17-2)10-12-5-7-18-8-6-12/h3-4,9,12,15,17H,5-8,10H2,1-2H3. The molecule has 1 aromatic carbocycles. The van der Waals surface area contributed by atoms with E-state index >= 15 is 0 Å². The maximum atomic E-state index is 13.9. The number of thioether (sulfide) groups is 1. The number of hydrogen-bond acceptors (Lipinski definition) is 2. The van der Waals surface area contributed by atoms with E-state index in [0.29, 0.717) is 0 Å². The van der Waals surface area contributed by atoms with Gasteiger partial charge in [-0.2, -0.15) is 11.8 Å². The van der Waals surface area contributed by atoms with E-state index in [9.17, 15) is 4.39 Å². The van der Waals surface area contributed by atoms with Gasteiger partial charge in [-0.05, 0) is 56.7 Å². The molecule has 0 spiro atoms. The zero-order valence-corrected chi connectivity index (χ0v) is 12.0. The van der Waals surface area contributed by atoms with Gasteiger partial charge in [-0.1, -0.05) is 17.7 Å². The lowest BCUT2D eigenvalue weighted by atomic mass is 9.90. The van der Waals surface area contributed by atoms with E-state index in [1.165, 1.54) is 24.3 Å². The summed E-state index contributed by atoms with van der Waals surface area (Å²) in [5.74, 6) is 3.18. The fourth-order valence-electron chi connectivity index (χ4n) is 2.65. The average Bonchev–Trinajstić information content (AvgIpc) is 2.40. The molecule has 2 rings (SSSR count). The van der Waals surface area contributed by atoms with Crippen molar-refractivity contribution in [2.24, 2.45) is 5.92 Å². The van der Waals surface area contributed by atoms with Crippen molar-refractivity contribution in [1.82, 2.24) is 5.32 Å². The third kappa shape index (κ3) is 3.48. The Hall–Kier alpha value is -0.540. The molecule has 18 heavy (non-hydrogen) atoms. The molecular formula is C15H22FNS. The molecule has 3 heteroatoms. The lowest BCUT2D eigenvalue weighted by Crippen LogP contribution is -2.23. The third-order valence-electron chi connectivity index (χ3n) is 3.79. The molecule has 0 aromatic heterocycles. The Bertz CT molecular complexity index is 388. The van der Waals surface area contributed by atoms with E-state index < -0.39 is 0 Å². The zero-order chi connectivity index (χ0) is 13.0. The average molecular weight is 267 g/mol. The van der Waals surface area contributed by atoms with Crippen LogP contribution in [0.15, 0.2) is 18.2 Å². The molecule has 1 aliphatic rings. The van der Waals surface area contributed by atoms with Gasteiger partial charge in [0.1, 0.15) is 5.82 Å². The molecule has 1 saturated heterocycles. The molecule has 100 valence electrons. The molecule has 1 N–H and O–H groups in total. The molecule has 0 amide bonds. The summed E-state index contributed by atoms with van der Waals surface area (Å²) >= 11 is 2.04. The highest BCUT2D eigenvalue weighted by atomic mass is 32.2. The maximum absolute atomic E-state index is 13.9. The van der Waals surface area contributed by atoms with Gasteiger partial charge < -0.3 is 5.32 Å². The molecule has 1 unspecified atom stereocenters. The topological polar surface area (TPSA) is 12.0 Å². The highest BCUT2D eigenvalue weighted by Gasteiger charge is 2.21. The van der Waals surface area contributed by atoms with Crippen molar-refractivity contribution in [2.75, 3.05) is 18.6 Å². The summed E-state index contributed by atoms with van der Waals surface area (Å²) in [6.07, 6.45) is 3.60. The van der Waals surface area contributed by atoms with Gasteiger partial charge in [-0.3, -0.25) is 0 Å². The second-order valence-corrected chi connectivity index (χ2v) is 6.38. The van der Waals surface area contributed by atoms with Crippen molar-refractivity contribution >= 4 is 11.8 Å². The largest absolute Gasteiger partial charge is 0.313 e. The highest BCUT2D eigenvalue weighted by molar-refractivity contribution is 7.99. The SMILES string of the molecule is CNC(CC1CCSCC1)c1cc(C)ccc1F. The van der Waals surface area contributed by atoms with Gasteiger partial charge in [-0.25, -0.2) is 4.39 Å². The Morgan fingerprint density at radius 3 is 2.78 bits per heavy atom. The van der Waals surface area contributed by atoms with Gasteiger partial charge in [-0.15, -0.1) is 0 Å². The maximum Gasteiger partial charge on any atom is 0.127 e. The van der Waals surface area contributed by atoms with E-state index in [4.69, 9.17) is 0 Å². The third-order valence-corrected chi connectivity index (χ3v) is 4.83. The lowest BCUT2D eigenvalue weighted by molar-refractivity contribution is 0.376. The smallest absolute Gasteiger partial charge is 0.127 e. The minimum atomic E-state index is -0.0786. The Labute approximate surface area is 114 Å². The molecule has 0 bridgehead atoms. The van der Waals surface area contributed by atoms with Crippen molar-refractivity contribution in [1.29, 1.82) is 0 Å². The van der Waals surface area contributed by atoms with Crippen molar-refractivity contribution in [3.05, 3.63) is 35.1 Å². The molecule has 0 radical (unpaired) electrons. The Morgan fingerprint density at radius 1 is 1.39 bits per heavy atom. The van der Waals surface area contributed by atoms with Crippen LogP contribution in [0.2, 0.25) is 0 Å². The fraction of sp³-hybridized carbons (Fsp3) is 0.600. The molecule has 1 atom stereocenters. The van der Waals surface area contributed by atoms with Crippen molar-refractivity contribution in [3.8, 4) is 0 Å². The van der Waals surface area contributed by atoms with Crippen molar-refractivity contribution in [3.63, 3.8) is 0 Å². The summed E-state index contributed by atoms with van der Waals surface area (Å²) in [4.78, 5) is 0. The van der Waals surface area contributed by atoms with Crippen LogP contribution < -0.4 is 5.32 Å². The molecule has 1 heterocycles. The second-order valence-electron chi connectivity index (χ2n) is 5.16. The van der Waals surface area contributed by atoms with Crippen LogP contribution in [0.25, 0.3) is 0 Å². The van der Waals surface area contributed by atoms with Gasteiger partial charge in [0, 0.05) is 11.6 Å². The predicted octanol–water partition coefficient (Wildman–Crippen LogP) is 3.93. The van der Waals surface area contributed by atoms with Crippen LogP contribution in [0.4, 0.5) is 4.39 Å². The summed E-state index contributed by atoms with van der Waals surface area (Å²) in [5.41, 5.74) is 1.96. The zero-order valence-electron chi connectivity index (χ0n) is 11.2. The number of halogens is 1. The Kier molecular flexibility index (Phi) is 5.07. The Balaban J connectivity index is 2.09. The summed E-state index contributed by atoms with van der Waals surface area (Å²) in [7, 11) is 1.93. The fourth-order valence-corrected chi connectivity index (χ4v) is 3.85. The van der Waals surface area contributed by atoms with Crippen LogP contribution in [-0.2, 0) is 0 Å². The van der Waals surface area contributed by atoms with Gasteiger partial charge >= 0.3 is 0 Å². The van der Waals surface area contributed by atoms with Crippen LogP contribution in [0.3, 0.4) is 0 Å². The van der Waals surface area contributed by atoms with E-state index in [0.717, 1.165) is 23.5 Å².